The Morgan fingerprint density at radius 3 is 2.52 bits per heavy atom. The van der Waals surface area contributed by atoms with Crippen LogP contribution in [0.15, 0.2) is 36.4 Å². The van der Waals surface area contributed by atoms with Gasteiger partial charge in [0, 0.05) is 6.07 Å². The standard InChI is InChI=1S/C20H18ClFN2O4S/c1-11-19(29-18(23-11)10-28-13-6-4-12(22)5-7-13)20(25)24-15-8-14(21)16(26-2)9-17(15)27-3/h4-9H,10H2,1-3H3,(H,24,25). The molecule has 0 bridgehead atoms. The molecule has 1 amide bonds. The highest BCUT2D eigenvalue weighted by Gasteiger charge is 2.19. The molecule has 1 aromatic heterocycles. The molecular formula is C20H18ClFN2O4S. The van der Waals surface area contributed by atoms with Crippen LogP contribution < -0.4 is 19.5 Å². The number of carbonyl (C=O) groups excluding carboxylic acids is 1. The first-order valence-corrected chi connectivity index (χ1v) is 9.68. The van der Waals surface area contributed by atoms with E-state index < -0.39 is 0 Å². The SMILES string of the molecule is COc1cc(OC)c(NC(=O)c2sc(COc3ccc(F)cc3)nc2C)cc1Cl. The normalized spacial score (nSPS) is 10.5. The van der Waals surface area contributed by atoms with Gasteiger partial charge in [0.2, 0.25) is 0 Å². The molecular weight excluding hydrogens is 419 g/mol. The molecule has 0 radical (unpaired) electrons. The molecule has 29 heavy (non-hydrogen) atoms. The Labute approximate surface area is 176 Å². The second-order valence-corrected chi connectivity index (χ2v) is 7.40. The summed E-state index contributed by atoms with van der Waals surface area (Å²) in [6.45, 7) is 1.91. The summed E-state index contributed by atoms with van der Waals surface area (Å²) in [6, 6.07) is 8.85. The highest BCUT2D eigenvalue weighted by Crippen LogP contribution is 2.36. The van der Waals surface area contributed by atoms with Crippen LogP contribution in [0.2, 0.25) is 5.02 Å². The minimum absolute atomic E-state index is 0.169. The number of ether oxygens (including phenoxy) is 3. The molecule has 6 nitrogen and oxygen atoms in total. The van der Waals surface area contributed by atoms with E-state index >= 15 is 0 Å². The lowest BCUT2D eigenvalue weighted by molar-refractivity contribution is 0.102. The minimum Gasteiger partial charge on any atom is -0.495 e. The fourth-order valence-corrected chi connectivity index (χ4v) is 3.65. The number of carbonyl (C=O) groups is 1. The number of hydrogen-bond acceptors (Lipinski definition) is 6. The number of nitrogens with zero attached hydrogens (tertiary/aromatic N) is 1. The number of benzene rings is 2. The Hall–Kier alpha value is -2.84. The quantitative estimate of drug-likeness (QED) is 0.558. The molecule has 9 heteroatoms. The highest BCUT2D eigenvalue weighted by molar-refractivity contribution is 7.13. The van der Waals surface area contributed by atoms with Crippen LogP contribution in [0.3, 0.4) is 0 Å². The lowest BCUT2D eigenvalue weighted by atomic mass is 10.2. The molecule has 0 aliphatic rings. The van der Waals surface area contributed by atoms with Crippen LogP contribution in [0, 0.1) is 12.7 Å². The number of aromatic nitrogens is 1. The van der Waals surface area contributed by atoms with Crippen molar-refractivity contribution in [2.75, 3.05) is 19.5 Å². The molecule has 0 unspecified atom stereocenters. The Morgan fingerprint density at radius 1 is 1.17 bits per heavy atom. The number of methoxy groups -OCH3 is 2. The van der Waals surface area contributed by atoms with Gasteiger partial charge in [0.25, 0.3) is 5.91 Å². The zero-order valence-electron chi connectivity index (χ0n) is 15.9. The summed E-state index contributed by atoms with van der Waals surface area (Å²) in [6.07, 6.45) is 0. The third-order valence-corrected chi connectivity index (χ3v) is 5.37. The Morgan fingerprint density at radius 2 is 1.86 bits per heavy atom. The molecule has 0 aliphatic heterocycles. The molecule has 1 heterocycles. The zero-order valence-corrected chi connectivity index (χ0v) is 17.5. The van der Waals surface area contributed by atoms with Crippen LogP contribution in [-0.4, -0.2) is 25.1 Å². The summed E-state index contributed by atoms with van der Waals surface area (Å²) in [5, 5.41) is 3.76. The number of hydrogen-bond donors (Lipinski definition) is 1. The van der Waals surface area contributed by atoms with Gasteiger partial charge in [-0.25, -0.2) is 9.37 Å². The van der Waals surface area contributed by atoms with E-state index in [2.05, 4.69) is 10.3 Å². The Balaban J connectivity index is 1.73. The third kappa shape index (κ3) is 4.96. The van der Waals surface area contributed by atoms with Crippen molar-refractivity contribution in [2.45, 2.75) is 13.5 Å². The van der Waals surface area contributed by atoms with Crippen molar-refractivity contribution >= 4 is 34.5 Å². The van der Waals surface area contributed by atoms with Crippen LogP contribution in [0.4, 0.5) is 10.1 Å². The van der Waals surface area contributed by atoms with E-state index in [9.17, 15) is 9.18 Å². The van der Waals surface area contributed by atoms with Crippen molar-refractivity contribution in [3.63, 3.8) is 0 Å². The summed E-state index contributed by atoms with van der Waals surface area (Å²) >= 11 is 7.36. The number of anilines is 1. The second kappa shape index (κ2) is 9.11. The van der Waals surface area contributed by atoms with Gasteiger partial charge in [-0.1, -0.05) is 11.6 Å². The maximum absolute atomic E-state index is 13.0. The van der Waals surface area contributed by atoms with Crippen molar-refractivity contribution in [1.82, 2.24) is 4.98 Å². The summed E-state index contributed by atoms with van der Waals surface area (Å²) in [5.74, 6) is 0.697. The monoisotopic (exact) mass is 436 g/mol. The summed E-state index contributed by atoms with van der Waals surface area (Å²) < 4.78 is 29.0. The maximum Gasteiger partial charge on any atom is 0.267 e. The predicted octanol–water partition coefficient (Wildman–Crippen LogP) is 5.09. The van der Waals surface area contributed by atoms with E-state index in [4.69, 9.17) is 25.8 Å². The summed E-state index contributed by atoms with van der Waals surface area (Å²) in [7, 11) is 2.98. The van der Waals surface area contributed by atoms with Gasteiger partial charge in [-0.3, -0.25) is 4.79 Å². The van der Waals surface area contributed by atoms with Crippen LogP contribution in [0.5, 0.6) is 17.2 Å². The van der Waals surface area contributed by atoms with Crippen LogP contribution in [0.25, 0.3) is 0 Å². The number of nitrogens with one attached hydrogen (secondary N) is 1. The fourth-order valence-electron chi connectivity index (χ4n) is 2.54. The van der Waals surface area contributed by atoms with Gasteiger partial charge in [0.1, 0.15) is 39.6 Å². The van der Waals surface area contributed by atoms with Crippen LogP contribution >= 0.6 is 22.9 Å². The third-order valence-electron chi connectivity index (χ3n) is 3.95. The molecule has 0 spiro atoms. The highest BCUT2D eigenvalue weighted by atomic mass is 35.5. The van der Waals surface area contributed by atoms with Gasteiger partial charge in [-0.15, -0.1) is 11.3 Å². The van der Waals surface area contributed by atoms with E-state index in [0.717, 1.165) is 0 Å². The Bertz CT molecular complexity index is 1020. The average molecular weight is 437 g/mol. The van der Waals surface area contributed by atoms with Gasteiger partial charge in [-0.05, 0) is 37.3 Å². The van der Waals surface area contributed by atoms with Gasteiger partial charge < -0.3 is 19.5 Å². The van der Waals surface area contributed by atoms with E-state index in [-0.39, 0.29) is 18.3 Å². The second-order valence-electron chi connectivity index (χ2n) is 5.91. The first-order valence-electron chi connectivity index (χ1n) is 8.48. The van der Waals surface area contributed by atoms with Crippen LogP contribution in [-0.2, 0) is 6.61 Å². The topological polar surface area (TPSA) is 69.7 Å². The van der Waals surface area contributed by atoms with E-state index in [0.29, 0.717) is 43.5 Å². The fraction of sp³-hybridized carbons (Fsp3) is 0.200. The summed E-state index contributed by atoms with van der Waals surface area (Å²) in [4.78, 5) is 17.6. The molecule has 2 aromatic carbocycles. The first-order chi connectivity index (χ1) is 13.9. The minimum atomic E-state index is -0.340. The number of halogens is 2. The van der Waals surface area contributed by atoms with Gasteiger partial charge >= 0.3 is 0 Å². The van der Waals surface area contributed by atoms with Crippen molar-refractivity contribution in [3.05, 3.63) is 62.8 Å². The molecule has 0 saturated carbocycles. The zero-order chi connectivity index (χ0) is 21.0. The smallest absolute Gasteiger partial charge is 0.267 e. The molecule has 3 rings (SSSR count). The lowest BCUT2D eigenvalue weighted by Crippen LogP contribution is -2.12. The average Bonchev–Trinajstić information content (AvgIpc) is 3.08. The number of thiazole rings is 1. The molecule has 152 valence electrons. The lowest BCUT2D eigenvalue weighted by Gasteiger charge is -2.12. The molecule has 0 aliphatic carbocycles. The van der Waals surface area contributed by atoms with E-state index in [1.54, 1.807) is 19.1 Å². The van der Waals surface area contributed by atoms with Crippen molar-refractivity contribution < 1.29 is 23.4 Å². The molecule has 0 saturated heterocycles. The van der Waals surface area contributed by atoms with Crippen molar-refractivity contribution in [3.8, 4) is 17.2 Å². The first kappa shape index (κ1) is 20.9. The van der Waals surface area contributed by atoms with E-state index in [1.165, 1.54) is 49.8 Å². The predicted molar refractivity (Wildman–Crippen MR) is 110 cm³/mol. The molecule has 0 atom stereocenters. The largest absolute Gasteiger partial charge is 0.495 e. The van der Waals surface area contributed by atoms with Crippen molar-refractivity contribution in [1.29, 1.82) is 0 Å². The van der Waals surface area contributed by atoms with E-state index in [1.807, 2.05) is 0 Å². The molecule has 0 fully saturated rings. The van der Waals surface area contributed by atoms with Gasteiger partial charge in [-0.2, -0.15) is 0 Å². The number of aryl methyl sites for hydroxylation is 1. The molecule has 1 N–H and O–H groups in total. The van der Waals surface area contributed by atoms with Crippen molar-refractivity contribution in [2.24, 2.45) is 0 Å². The number of rotatable bonds is 7. The summed E-state index contributed by atoms with van der Waals surface area (Å²) in [5.41, 5.74) is 0.990. The molecule has 3 aromatic rings. The maximum atomic E-state index is 13.0. The van der Waals surface area contributed by atoms with Gasteiger partial charge in [0.15, 0.2) is 0 Å². The van der Waals surface area contributed by atoms with Crippen LogP contribution in [0.1, 0.15) is 20.4 Å². The van der Waals surface area contributed by atoms with Gasteiger partial charge in [0.05, 0.1) is 30.6 Å². The number of amides is 1. The Kier molecular flexibility index (Phi) is 6.56.